The highest BCUT2D eigenvalue weighted by atomic mass is 32.1. The lowest BCUT2D eigenvalue weighted by Crippen LogP contribution is -2.50. The van der Waals surface area contributed by atoms with Crippen molar-refractivity contribution in [1.29, 1.82) is 0 Å². The molecule has 2 aromatic heterocycles. The van der Waals surface area contributed by atoms with Gasteiger partial charge in [0.05, 0.1) is 12.1 Å². The summed E-state index contributed by atoms with van der Waals surface area (Å²) >= 11 is 1.30. The van der Waals surface area contributed by atoms with E-state index in [2.05, 4.69) is 25.5 Å². The molecule has 2 aliphatic rings. The number of anilines is 3. The van der Waals surface area contributed by atoms with Crippen LogP contribution in [0.3, 0.4) is 0 Å². The quantitative estimate of drug-likeness (QED) is 0.595. The fourth-order valence-corrected chi connectivity index (χ4v) is 4.34. The average molecular weight is 467 g/mol. The fraction of sp³-hybridized carbons (Fsp3) is 0.273. The van der Waals surface area contributed by atoms with Crippen LogP contribution in [0.15, 0.2) is 48.0 Å². The van der Waals surface area contributed by atoms with Gasteiger partial charge in [0.25, 0.3) is 0 Å². The van der Waals surface area contributed by atoms with Gasteiger partial charge >= 0.3 is 6.03 Å². The Morgan fingerprint density at radius 3 is 2.70 bits per heavy atom. The number of aromatic nitrogens is 2. The van der Waals surface area contributed by atoms with E-state index in [1.165, 1.54) is 11.3 Å². The monoisotopic (exact) mass is 466 g/mol. The zero-order valence-corrected chi connectivity index (χ0v) is 18.5. The second-order valence-corrected chi connectivity index (χ2v) is 8.39. The van der Waals surface area contributed by atoms with E-state index in [1.54, 1.807) is 34.7 Å². The number of fused-ring (bicyclic) bond motifs is 1. The molecule has 11 heteroatoms. The van der Waals surface area contributed by atoms with E-state index in [9.17, 15) is 9.59 Å². The molecular formula is C22H22N6O4S. The van der Waals surface area contributed by atoms with Gasteiger partial charge in [-0.3, -0.25) is 10.1 Å². The molecule has 5 rings (SSSR count). The van der Waals surface area contributed by atoms with Crippen LogP contribution in [0.25, 0.3) is 0 Å². The third-order valence-corrected chi connectivity index (χ3v) is 6.11. The largest absolute Gasteiger partial charge is 0.454 e. The van der Waals surface area contributed by atoms with E-state index in [0.29, 0.717) is 54.2 Å². The Balaban J connectivity index is 1.10. The number of benzene rings is 1. The first-order valence-electron chi connectivity index (χ1n) is 10.5. The number of pyridine rings is 1. The number of urea groups is 1. The molecular weight excluding hydrogens is 444 g/mol. The standard InChI is InChI=1S/C22H22N6O4S/c29-20(24-15-4-5-17-18(11-15)32-14-31-17)12-16-13-33-21(25-16)26-22(30)28-9-7-27(8-10-28)19-3-1-2-6-23-19/h1-6,11,13H,7-10,12,14H2,(H,24,29)(H,25,26,30). The van der Waals surface area contributed by atoms with Gasteiger partial charge < -0.3 is 24.6 Å². The Bertz CT molecular complexity index is 1150. The summed E-state index contributed by atoms with van der Waals surface area (Å²) in [4.78, 5) is 37.7. The van der Waals surface area contributed by atoms with Gasteiger partial charge in [0.2, 0.25) is 12.7 Å². The molecule has 0 atom stereocenters. The normalized spacial score (nSPS) is 14.8. The van der Waals surface area contributed by atoms with Crippen LogP contribution >= 0.6 is 11.3 Å². The minimum absolute atomic E-state index is 0.101. The molecule has 33 heavy (non-hydrogen) atoms. The number of thiazole rings is 1. The molecule has 3 aromatic rings. The number of amides is 3. The lowest BCUT2D eigenvalue weighted by molar-refractivity contribution is -0.115. The second-order valence-electron chi connectivity index (χ2n) is 7.53. The summed E-state index contributed by atoms with van der Waals surface area (Å²) in [6.07, 6.45) is 1.87. The second kappa shape index (κ2) is 9.33. The van der Waals surface area contributed by atoms with Crippen molar-refractivity contribution in [2.24, 2.45) is 0 Å². The van der Waals surface area contributed by atoms with Crippen molar-refractivity contribution in [1.82, 2.24) is 14.9 Å². The van der Waals surface area contributed by atoms with E-state index in [0.717, 1.165) is 5.82 Å². The smallest absolute Gasteiger partial charge is 0.323 e. The summed E-state index contributed by atoms with van der Waals surface area (Å²) in [7, 11) is 0. The van der Waals surface area contributed by atoms with E-state index in [1.807, 2.05) is 18.2 Å². The Morgan fingerprint density at radius 2 is 1.88 bits per heavy atom. The molecule has 0 unspecified atom stereocenters. The predicted octanol–water partition coefficient (Wildman–Crippen LogP) is 2.80. The van der Waals surface area contributed by atoms with Crippen molar-refractivity contribution < 1.29 is 19.1 Å². The number of hydrogen-bond acceptors (Lipinski definition) is 8. The Kier molecular flexibility index (Phi) is 5.94. The molecule has 3 amide bonds. The molecule has 0 bridgehead atoms. The summed E-state index contributed by atoms with van der Waals surface area (Å²) in [6.45, 7) is 2.80. The average Bonchev–Trinajstić information content (AvgIpc) is 3.48. The van der Waals surface area contributed by atoms with Crippen molar-refractivity contribution in [3.05, 3.63) is 53.7 Å². The SMILES string of the molecule is O=C(Cc1csc(NC(=O)N2CCN(c3ccccn3)CC2)n1)Nc1ccc2c(c1)OCO2. The van der Waals surface area contributed by atoms with Gasteiger partial charge in [0.15, 0.2) is 16.6 Å². The number of nitrogens with one attached hydrogen (secondary N) is 2. The third-order valence-electron chi connectivity index (χ3n) is 5.30. The fourth-order valence-electron chi connectivity index (χ4n) is 3.64. The third kappa shape index (κ3) is 4.98. The number of ether oxygens (including phenoxy) is 2. The molecule has 1 aromatic carbocycles. The number of piperazine rings is 1. The maximum absolute atomic E-state index is 12.6. The van der Waals surface area contributed by atoms with Gasteiger partial charge in [0.1, 0.15) is 5.82 Å². The molecule has 10 nitrogen and oxygen atoms in total. The molecule has 0 spiro atoms. The van der Waals surface area contributed by atoms with Crippen molar-refractivity contribution in [2.75, 3.05) is 48.5 Å². The minimum Gasteiger partial charge on any atom is -0.454 e. The highest BCUT2D eigenvalue weighted by Gasteiger charge is 2.22. The first-order chi connectivity index (χ1) is 16.1. The van der Waals surface area contributed by atoms with Crippen LogP contribution in [0.1, 0.15) is 5.69 Å². The van der Waals surface area contributed by atoms with Gasteiger partial charge in [-0.15, -0.1) is 11.3 Å². The number of hydrogen-bond donors (Lipinski definition) is 2. The molecule has 1 fully saturated rings. The molecule has 4 heterocycles. The van der Waals surface area contributed by atoms with Crippen molar-refractivity contribution in [2.45, 2.75) is 6.42 Å². The van der Waals surface area contributed by atoms with Gasteiger partial charge in [-0.2, -0.15) is 0 Å². The topological polar surface area (TPSA) is 109 Å². The summed E-state index contributed by atoms with van der Waals surface area (Å²) in [6, 6.07) is 10.8. The van der Waals surface area contributed by atoms with Crippen LogP contribution in [-0.2, 0) is 11.2 Å². The number of carbonyl (C=O) groups is 2. The van der Waals surface area contributed by atoms with Crippen LogP contribution < -0.4 is 25.0 Å². The Morgan fingerprint density at radius 1 is 1.03 bits per heavy atom. The lowest BCUT2D eigenvalue weighted by Gasteiger charge is -2.35. The van der Waals surface area contributed by atoms with Crippen molar-refractivity contribution in [3.63, 3.8) is 0 Å². The van der Waals surface area contributed by atoms with E-state index in [-0.39, 0.29) is 25.2 Å². The molecule has 170 valence electrons. The highest BCUT2D eigenvalue weighted by Crippen LogP contribution is 2.34. The number of rotatable bonds is 5. The molecule has 2 aliphatic heterocycles. The van der Waals surface area contributed by atoms with Crippen molar-refractivity contribution >= 4 is 39.9 Å². The molecule has 1 saturated heterocycles. The van der Waals surface area contributed by atoms with Crippen LogP contribution in [0.4, 0.5) is 21.4 Å². The van der Waals surface area contributed by atoms with Crippen molar-refractivity contribution in [3.8, 4) is 11.5 Å². The molecule has 2 N–H and O–H groups in total. The highest BCUT2D eigenvalue weighted by molar-refractivity contribution is 7.13. The summed E-state index contributed by atoms with van der Waals surface area (Å²) in [5, 5.41) is 7.90. The Labute approximate surface area is 194 Å². The zero-order valence-electron chi connectivity index (χ0n) is 17.7. The Hall–Kier alpha value is -3.86. The van der Waals surface area contributed by atoms with Gasteiger partial charge in [-0.25, -0.2) is 14.8 Å². The predicted molar refractivity (Wildman–Crippen MR) is 124 cm³/mol. The van der Waals surface area contributed by atoms with Crippen LogP contribution in [0, 0.1) is 0 Å². The van der Waals surface area contributed by atoms with E-state index >= 15 is 0 Å². The zero-order chi connectivity index (χ0) is 22.6. The maximum atomic E-state index is 12.6. The van der Waals surface area contributed by atoms with E-state index in [4.69, 9.17) is 9.47 Å². The van der Waals surface area contributed by atoms with Crippen LogP contribution in [-0.4, -0.2) is 59.8 Å². The molecule has 0 saturated carbocycles. The molecule has 0 aliphatic carbocycles. The van der Waals surface area contributed by atoms with E-state index < -0.39 is 0 Å². The number of carbonyl (C=O) groups excluding carboxylic acids is 2. The van der Waals surface area contributed by atoms with Gasteiger partial charge in [0, 0.05) is 49.5 Å². The summed E-state index contributed by atoms with van der Waals surface area (Å²) in [5.74, 6) is 1.97. The molecule has 0 radical (unpaired) electrons. The maximum Gasteiger partial charge on any atom is 0.323 e. The summed E-state index contributed by atoms with van der Waals surface area (Å²) < 4.78 is 10.6. The summed E-state index contributed by atoms with van der Waals surface area (Å²) in [5.41, 5.74) is 1.21. The first kappa shape index (κ1) is 21.0. The lowest BCUT2D eigenvalue weighted by atomic mass is 10.2. The number of nitrogens with zero attached hydrogens (tertiary/aromatic N) is 4. The van der Waals surface area contributed by atoms with Crippen LogP contribution in [0.5, 0.6) is 11.5 Å². The van der Waals surface area contributed by atoms with Gasteiger partial charge in [-0.1, -0.05) is 6.07 Å². The minimum atomic E-state index is -0.206. The van der Waals surface area contributed by atoms with Crippen LogP contribution in [0.2, 0.25) is 0 Å². The van der Waals surface area contributed by atoms with Gasteiger partial charge in [-0.05, 0) is 24.3 Å². The first-order valence-corrected chi connectivity index (χ1v) is 11.4.